The minimum absolute atomic E-state index is 0.0913. The molecule has 1 saturated heterocycles. The van der Waals surface area contributed by atoms with Crippen molar-refractivity contribution >= 4 is 39.2 Å². The maximum atomic E-state index is 12.4. The molecule has 0 radical (unpaired) electrons. The van der Waals surface area contributed by atoms with Crippen molar-refractivity contribution < 1.29 is 9.53 Å². The predicted octanol–water partition coefficient (Wildman–Crippen LogP) is 5.95. The molecular formula is C29H30N4O2S. The fourth-order valence-corrected chi connectivity index (χ4v) is 5.75. The molecule has 2 aromatic carbocycles. The predicted molar refractivity (Wildman–Crippen MR) is 148 cm³/mol. The lowest BCUT2D eigenvalue weighted by molar-refractivity contribution is -0.116. The van der Waals surface area contributed by atoms with E-state index in [0.717, 1.165) is 51.2 Å². The van der Waals surface area contributed by atoms with Gasteiger partial charge in [0.15, 0.2) is 0 Å². The molecule has 7 heteroatoms. The van der Waals surface area contributed by atoms with Crippen LogP contribution in [0, 0.1) is 0 Å². The number of amides is 1. The van der Waals surface area contributed by atoms with Gasteiger partial charge >= 0.3 is 0 Å². The van der Waals surface area contributed by atoms with Gasteiger partial charge in [0.2, 0.25) is 5.91 Å². The first-order valence-corrected chi connectivity index (χ1v) is 13.1. The summed E-state index contributed by atoms with van der Waals surface area (Å²) in [7, 11) is 2.15. The number of carbonyl (C=O) groups is 1. The molecule has 0 aliphatic carbocycles. The Morgan fingerprint density at radius 2 is 1.97 bits per heavy atom. The number of carbonyl (C=O) groups excluding carboxylic acids is 1. The van der Waals surface area contributed by atoms with Gasteiger partial charge in [-0.25, -0.2) is 4.98 Å². The number of rotatable bonds is 8. The lowest BCUT2D eigenvalue weighted by atomic mass is 10.0. The van der Waals surface area contributed by atoms with Crippen molar-refractivity contribution in [1.82, 2.24) is 15.2 Å². The minimum atomic E-state index is -0.0913. The number of para-hydroxylation sites is 1. The fraction of sp³-hybridized carbons (Fsp3) is 0.241. The van der Waals surface area contributed by atoms with E-state index in [1.807, 2.05) is 60.7 Å². The highest BCUT2D eigenvalue weighted by molar-refractivity contribution is 7.18. The molecule has 5 rings (SSSR count). The van der Waals surface area contributed by atoms with Crippen molar-refractivity contribution in [2.24, 2.45) is 0 Å². The van der Waals surface area contributed by atoms with Crippen molar-refractivity contribution in [2.75, 3.05) is 25.9 Å². The van der Waals surface area contributed by atoms with Crippen LogP contribution in [0.3, 0.4) is 0 Å². The number of thiophene rings is 1. The number of nitrogens with zero attached hydrogens (tertiary/aromatic N) is 2. The van der Waals surface area contributed by atoms with Gasteiger partial charge in [-0.15, -0.1) is 11.3 Å². The maximum absolute atomic E-state index is 12.4. The first kappa shape index (κ1) is 24.0. The monoisotopic (exact) mass is 498 g/mol. The third-order valence-electron chi connectivity index (χ3n) is 6.66. The van der Waals surface area contributed by atoms with Crippen LogP contribution in [0.25, 0.3) is 27.3 Å². The first-order valence-electron chi connectivity index (χ1n) is 12.2. The summed E-state index contributed by atoms with van der Waals surface area (Å²) in [6.07, 6.45) is 8.56. The molecule has 0 bridgehead atoms. The van der Waals surface area contributed by atoms with E-state index in [9.17, 15) is 4.79 Å². The first-order chi connectivity index (χ1) is 17.6. The van der Waals surface area contributed by atoms with Crippen LogP contribution in [0.15, 0.2) is 72.3 Å². The van der Waals surface area contributed by atoms with Crippen molar-refractivity contribution in [1.29, 1.82) is 0 Å². The Morgan fingerprint density at radius 1 is 1.19 bits per heavy atom. The van der Waals surface area contributed by atoms with Crippen LogP contribution in [0.1, 0.15) is 24.8 Å². The van der Waals surface area contributed by atoms with Crippen LogP contribution in [0.5, 0.6) is 11.5 Å². The van der Waals surface area contributed by atoms with Crippen LogP contribution < -0.4 is 15.8 Å². The Hall–Kier alpha value is -3.68. The number of fused-ring (bicyclic) bond motifs is 1. The highest BCUT2D eigenvalue weighted by Crippen LogP contribution is 2.39. The summed E-state index contributed by atoms with van der Waals surface area (Å²) >= 11 is 1.60. The molecule has 3 N–H and O–H groups in total. The van der Waals surface area contributed by atoms with E-state index in [1.54, 1.807) is 23.6 Å². The van der Waals surface area contributed by atoms with Crippen LogP contribution >= 0.6 is 11.3 Å². The molecule has 1 amide bonds. The number of hydrogen-bond donors (Lipinski definition) is 2. The molecule has 1 aliphatic heterocycles. The van der Waals surface area contributed by atoms with Crippen molar-refractivity contribution in [3.8, 4) is 22.6 Å². The number of ether oxygens (including phenoxy) is 1. The lowest BCUT2D eigenvalue weighted by Crippen LogP contribution is -2.31. The van der Waals surface area contributed by atoms with E-state index in [0.29, 0.717) is 18.4 Å². The van der Waals surface area contributed by atoms with Gasteiger partial charge in [0.1, 0.15) is 17.3 Å². The van der Waals surface area contributed by atoms with E-state index in [4.69, 9.17) is 10.5 Å². The Bertz CT molecular complexity index is 1370. The second-order valence-electron chi connectivity index (χ2n) is 9.08. The topological polar surface area (TPSA) is 80.5 Å². The number of aromatic nitrogens is 1. The quantitative estimate of drug-likeness (QED) is 0.293. The zero-order valence-corrected chi connectivity index (χ0v) is 21.1. The number of nitrogen functional groups attached to an aromatic ring is 1. The summed E-state index contributed by atoms with van der Waals surface area (Å²) < 4.78 is 6.93. The highest BCUT2D eigenvalue weighted by Gasteiger charge is 2.20. The maximum Gasteiger partial charge on any atom is 0.244 e. The van der Waals surface area contributed by atoms with E-state index < -0.39 is 0 Å². The number of likely N-dealkylation sites (tertiary alicyclic amines) is 1. The highest BCUT2D eigenvalue weighted by atomic mass is 32.1. The van der Waals surface area contributed by atoms with E-state index in [-0.39, 0.29) is 5.91 Å². The van der Waals surface area contributed by atoms with Crippen LogP contribution in [-0.2, 0) is 4.79 Å². The Kier molecular flexibility index (Phi) is 7.30. The standard InChI is InChI=1S/C29H30N4O2S/c1-33-17-5-6-22(33)15-16-31-26(34)14-11-21-18-32-29(30)27-25(19-36-28(21)27)20-9-12-24(13-10-20)35-23-7-3-2-4-8-23/h2-4,7-14,18-19,22H,5-6,15-17H2,1H3,(H2,30,32)(H,31,34)/b14-11+. The molecule has 0 spiro atoms. The van der Waals surface area contributed by atoms with Gasteiger partial charge in [-0.1, -0.05) is 30.3 Å². The van der Waals surface area contributed by atoms with Crippen molar-refractivity contribution in [3.63, 3.8) is 0 Å². The van der Waals surface area contributed by atoms with Crippen LogP contribution in [0.4, 0.5) is 5.82 Å². The number of anilines is 1. The van der Waals surface area contributed by atoms with Crippen LogP contribution in [0.2, 0.25) is 0 Å². The SMILES string of the molecule is CN1CCCC1CCNC(=O)/C=C/c1cnc(N)c2c(-c3ccc(Oc4ccccc4)cc3)csc12. The summed E-state index contributed by atoms with van der Waals surface area (Å²) in [5.41, 5.74) is 9.23. The van der Waals surface area contributed by atoms with Gasteiger partial charge in [-0.05, 0) is 74.1 Å². The number of benzene rings is 2. The second kappa shape index (κ2) is 10.9. The molecule has 3 heterocycles. The molecule has 184 valence electrons. The molecule has 4 aromatic rings. The third-order valence-corrected chi connectivity index (χ3v) is 7.69. The summed E-state index contributed by atoms with van der Waals surface area (Å²) in [5, 5.41) is 6.00. The number of nitrogens with two attached hydrogens (primary N) is 1. The average molecular weight is 499 g/mol. The Balaban J connectivity index is 1.29. The van der Waals surface area contributed by atoms with Gasteiger partial charge in [-0.2, -0.15) is 0 Å². The largest absolute Gasteiger partial charge is 0.457 e. The van der Waals surface area contributed by atoms with E-state index in [1.165, 1.54) is 12.8 Å². The van der Waals surface area contributed by atoms with Gasteiger partial charge in [0, 0.05) is 46.1 Å². The lowest BCUT2D eigenvalue weighted by Gasteiger charge is -2.18. The normalized spacial score (nSPS) is 16.1. The fourth-order valence-electron chi connectivity index (χ4n) is 4.68. The van der Waals surface area contributed by atoms with Crippen LogP contribution in [-0.4, -0.2) is 42.0 Å². The average Bonchev–Trinajstić information content (AvgIpc) is 3.52. The smallest absolute Gasteiger partial charge is 0.244 e. The summed E-state index contributed by atoms with van der Waals surface area (Å²) in [5.74, 6) is 1.95. The van der Waals surface area contributed by atoms with Gasteiger partial charge in [-0.3, -0.25) is 4.79 Å². The Labute approximate surface area is 215 Å². The summed E-state index contributed by atoms with van der Waals surface area (Å²) in [6.45, 7) is 1.83. The van der Waals surface area contributed by atoms with Gasteiger partial charge in [0.05, 0.1) is 0 Å². The molecule has 36 heavy (non-hydrogen) atoms. The third kappa shape index (κ3) is 5.42. The molecule has 1 fully saturated rings. The Morgan fingerprint density at radius 3 is 2.72 bits per heavy atom. The van der Waals surface area contributed by atoms with Gasteiger partial charge in [0.25, 0.3) is 0 Å². The summed E-state index contributed by atoms with van der Waals surface area (Å²) in [4.78, 5) is 19.2. The summed E-state index contributed by atoms with van der Waals surface area (Å²) in [6, 6.07) is 18.2. The minimum Gasteiger partial charge on any atom is -0.457 e. The molecule has 6 nitrogen and oxygen atoms in total. The van der Waals surface area contributed by atoms with E-state index in [2.05, 4.69) is 27.6 Å². The van der Waals surface area contributed by atoms with Crippen molar-refractivity contribution in [3.05, 3.63) is 77.8 Å². The molecule has 2 aromatic heterocycles. The number of pyridine rings is 1. The molecular weight excluding hydrogens is 468 g/mol. The molecule has 1 aliphatic rings. The second-order valence-corrected chi connectivity index (χ2v) is 9.96. The molecule has 1 unspecified atom stereocenters. The molecule has 0 saturated carbocycles. The number of hydrogen-bond acceptors (Lipinski definition) is 6. The van der Waals surface area contributed by atoms with Gasteiger partial charge < -0.3 is 20.7 Å². The van der Waals surface area contributed by atoms with E-state index >= 15 is 0 Å². The zero-order chi connectivity index (χ0) is 24.9. The number of nitrogens with one attached hydrogen (secondary N) is 1. The van der Waals surface area contributed by atoms with Crippen molar-refractivity contribution in [2.45, 2.75) is 25.3 Å². The zero-order valence-electron chi connectivity index (χ0n) is 20.3. The molecule has 1 atom stereocenters.